The lowest BCUT2D eigenvalue weighted by molar-refractivity contribution is -0.386. The zero-order valence-corrected chi connectivity index (χ0v) is 11.3. The molecular formula is C13H16FNO5. The number of ether oxygens (including phenoxy) is 1. The topological polar surface area (TPSA) is 89.7 Å². The molecule has 1 rings (SSSR count). The van der Waals surface area contributed by atoms with Crippen LogP contribution in [-0.2, 0) is 0 Å². The van der Waals surface area contributed by atoms with Crippen LogP contribution in [0, 0.1) is 21.8 Å². The smallest absolute Gasteiger partial charge is 0.338 e. The second kappa shape index (κ2) is 6.83. The van der Waals surface area contributed by atoms with Crippen LogP contribution in [0.4, 0.5) is 10.1 Å². The molecular weight excluding hydrogens is 269 g/mol. The summed E-state index contributed by atoms with van der Waals surface area (Å²) in [6, 6.07) is 1.42. The lowest BCUT2D eigenvalue weighted by atomic mass is 10.1. The Kier molecular flexibility index (Phi) is 5.42. The van der Waals surface area contributed by atoms with E-state index in [1.807, 2.05) is 13.8 Å². The summed E-state index contributed by atoms with van der Waals surface area (Å²) in [5.41, 5.74) is -1.22. The third kappa shape index (κ3) is 4.18. The van der Waals surface area contributed by atoms with Crippen LogP contribution in [0.1, 0.15) is 37.0 Å². The van der Waals surface area contributed by atoms with Crippen LogP contribution in [0.2, 0.25) is 0 Å². The molecule has 1 aromatic carbocycles. The zero-order chi connectivity index (χ0) is 15.3. The molecule has 20 heavy (non-hydrogen) atoms. The van der Waals surface area contributed by atoms with Gasteiger partial charge in [0, 0.05) is 6.07 Å². The Morgan fingerprint density at radius 1 is 1.50 bits per heavy atom. The van der Waals surface area contributed by atoms with Crippen molar-refractivity contribution < 1.29 is 24.0 Å². The molecule has 0 heterocycles. The summed E-state index contributed by atoms with van der Waals surface area (Å²) >= 11 is 0. The van der Waals surface area contributed by atoms with E-state index in [9.17, 15) is 19.3 Å². The van der Waals surface area contributed by atoms with Crippen LogP contribution >= 0.6 is 0 Å². The maximum atomic E-state index is 13.4. The highest BCUT2D eigenvalue weighted by Crippen LogP contribution is 2.30. The van der Waals surface area contributed by atoms with Crippen molar-refractivity contribution in [1.29, 1.82) is 0 Å². The molecule has 0 atom stereocenters. The third-order valence-electron chi connectivity index (χ3n) is 2.66. The van der Waals surface area contributed by atoms with Crippen LogP contribution in [0.5, 0.6) is 5.75 Å². The monoisotopic (exact) mass is 285 g/mol. The number of carboxylic acids is 1. The second-order valence-corrected chi connectivity index (χ2v) is 4.75. The van der Waals surface area contributed by atoms with Crippen LogP contribution in [0.25, 0.3) is 0 Å². The number of carbonyl (C=O) groups is 1. The number of halogens is 1. The van der Waals surface area contributed by atoms with Crippen molar-refractivity contribution in [3.05, 3.63) is 33.6 Å². The number of nitro groups is 1. The summed E-state index contributed by atoms with van der Waals surface area (Å²) in [6.45, 7) is 4.27. The van der Waals surface area contributed by atoms with Gasteiger partial charge in [-0.05, 0) is 18.8 Å². The normalized spacial score (nSPS) is 10.6. The Balaban J connectivity index is 2.93. The fourth-order valence-corrected chi connectivity index (χ4v) is 1.64. The van der Waals surface area contributed by atoms with Gasteiger partial charge in [0.05, 0.1) is 23.2 Å². The molecule has 7 heteroatoms. The number of aromatic carboxylic acids is 1. The summed E-state index contributed by atoms with van der Waals surface area (Å²) in [4.78, 5) is 20.8. The fourth-order valence-electron chi connectivity index (χ4n) is 1.64. The number of nitrogens with zero attached hydrogens (tertiary/aromatic N) is 1. The second-order valence-electron chi connectivity index (χ2n) is 4.75. The molecule has 110 valence electrons. The van der Waals surface area contributed by atoms with Gasteiger partial charge in [-0.25, -0.2) is 9.18 Å². The molecule has 0 aromatic heterocycles. The van der Waals surface area contributed by atoms with E-state index in [1.54, 1.807) is 0 Å². The first-order valence-electron chi connectivity index (χ1n) is 6.17. The number of hydrogen-bond acceptors (Lipinski definition) is 4. The Hall–Kier alpha value is -2.18. The van der Waals surface area contributed by atoms with E-state index in [1.165, 1.54) is 0 Å². The Bertz CT molecular complexity index is 516. The maximum absolute atomic E-state index is 13.4. The molecule has 0 saturated carbocycles. The average molecular weight is 285 g/mol. The van der Waals surface area contributed by atoms with Crippen molar-refractivity contribution in [2.75, 3.05) is 6.61 Å². The van der Waals surface area contributed by atoms with E-state index in [-0.39, 0.29) is 12.4 Å². The molecule has 1 aromatic rings. The van der Waals surface area contributed by atoms with Gasteiger partial charge in [-0.15, -0.1) is 0 Å². The molecule has 0 spiro atoms. The first-order valence-corrected chi connectivity index (χ1v) is 6.17. The summed E-state index contributed by atoms with van der Waals surface area (Å²) in [7, 11) is 0. The molecule has 0 aliphatic carbocycles. The van der Waals surface area contributed by atoms with Gasteiger partial charge in [-0.3, -0.25) is 10.1 Å². The largest absolute Gasteiger partial charge is 0.487 e. The van der Waals surface area contributed by atoms with Crippen LogP contribution < -0.4 is 4.74 Å². The van der Waals surface area contributed by atoms with Crippen LogP contribution in [-0.4, -0.2) is 22.6 Å². The van der Waals surface area contributed by atoms with Gasteiger partial charge in [0.25, 0.3) is 0 Å². The van der Waals surface area contributed by atoms with Gasteiger partial charge < -0.3 is 9.84 Å². The first-order chi connectivity index (χ1) is 9.32. The van der Waals surface area contributed by atoms with Crippen molar-refractivity contribution >= 4 is 11.7 Å². The van der Waals surface area contributed by atoms with Crippen molar-refractivity contribution in [3.63, 3.8) is 0 Å². The van der Waals surface area contributed by atoms with Crippen LogP contribution in [0.3, 0.4) is 0 Å². The molecule has 0 saturated heterocycles. The number of hydrogen-bond donors (Lipinski definition) is 1. The molecule has 1 N–H and O–H groups in total. The van der Waals surface area contributed by atoms with Gasteiger partial charge in [0.15, 0.2) is 5.75 Å². The third-order valence-corrected chi connectivity index (χ3v) is 2.66. The van der Waals surface area contributed by atoms with Gasteiger partial charge in [0.1, 0.15) is 5.82 Å². The first kappa shape index (κ1) is 15.9. The molecule has 0 fully saturated rings. The number of benzene rings is 1. The van der Waals surface area contributed by atoms with Crippen molar-refractivity contribution in [1.82, 2.24) is 0 Å². The zero-order valence-electron chi connectivity index (χ0n) is 11.3. The number of rotatable bonds is 7. The standard InChI is InChI=1S/C13H16FNO5/c1-8(2)4-3-5-20-12-6-9(13(16)17)10(14)7-11(12)15(18)19/h6-8H,3-5H2,1-2H3,(H,16,17). The fraction of sp³-hybridized carbons (Fsp3) is 0.462. The average Bonchev–Trinajstić information content (AvgIpc) is 2.34. The van der Waals surface area contributed by atoms with E-state index < -0.39 is 28.0 Å². The van der Waals surface area contributed by atoms with E-state index in [4.69, 9.17) is 9.84 Å². The lowest BCUT2D eigenvalue weighted by Gasteiger charge is -2.09. The molecule has 0 unspecified atom stereocenters. The summed E-state index contributed by atoms with van der Waals surface area (Å²) in [6.07, 6.45) is 1.55. The van der Waals surface area contributed by atoms with E-state index in [0.29, 0.717) is 18.4 Å². The Labute approximate surface area is 115 Å². The van der Waals surface area contributed by atoms with E-state index >= 15 is 0 Å². The minimum atomic E-state index is -1.50. The van der Waals surface area contributed by atoms with Crippen LogP contribution in [0.15, 0.2) is 12.1 Å². The molecule has 0 bridgehead atoms. The molecule has 0 amide bonds. The highest BCUT2D eigenvalue weighted by Gasteiger charge is 2.22. The highest BCUT2D eigenvalue weighted by molar-refractivity contribution is 5.89. The summed E-state index contributed by atoms with van der Waals surface area (Å²) in [5.74, 6) is -2.41. The summed E-state index contributed by atoms with van der Waals surface area (Å²) in [5, 5.41) is 19.6. The quantitative estimate of drug-likeness (QED) is 0.472. The minimum Gasteiger partial charge on any atom is -0.487 e. The molecule has 6 nitrogen and oxygen atoms in total. The Morgan fingerprint density at radius 2 is 2.15 bits per heavy atom. The molecule has 0 aliphatic heterocycles. The van der Waals surface area contributed by atoms with Gasteiger partial charge in [-0.2, -0.15) is 0 Å². The van der Waals surface area contributed by atoms with Crippen molar-refractivity contribution in [2.24, 2.45) is 5.92 Å². The SMILES string of the molecule is CC(C)CCCOc1cc(C(=O)O)c(F)cc1[N+](=O)[O-]. The van der Waals surface area contributed by atoms with Crippen molar-refractivity contribution in [3.8, 4) is 5.75 Å². The lowest BCUT2D eigenvalue weighted by Crippen LogP contribution is -2.06. The van der Waals surface area contributed by atoms with Gasteiger partial charge in [0.2, 0.25) is 0 Å². The summed E-state index contributed by atoms with van der Waals surface area (Å²) < 4.78 is 18.6. The molecule has 0 radical (unpaired) electrons. The minimum absolute atomic E-state index is 0.212. The maximum Gasteiger partial charge on any atom is 0.338 e. The highest BCUT2D eigenvalue weighted by atomic mass is 19.1. The van der Waals surface area contributed by atoms with Crippen molar-refractivity contribution in [2.45, 2.75) is 26.7 Å². The van der Waals surface area contributed by atoms with Gasteiger partial charge >= 0.3 is 11.7 Å². The number of nitro benzene ring substituents is 1. The van der Waals surface area contributed by atoms with Gasteiger partial charge in [-0.1, -0.05) is 13.8 Å². The van der Waals surface area contributed by atoms with E-state index in [2.05, 4.69) is 0 Å². The predicted molar refractivity (Wildman–Crippen MR) is 69.6 cm³/mol. The number of carboxylic acid groups (broad SMARTS) is 1. The Morgan fingerprint density at radius 3 is 2.65 bits per heavy atom. The van der Waals surface area contributed by atoms with E-state index in [0.717, 1.165) is 12.5 Å². The predicted octanol–water partition coefficient (Wildman–Crippen LogP) is 3.25. The molecule has 0 aliphatic rings.